The van der Waals surface area contributed by atoms with Gasteiger partial charge < -0.3 is 10.1 Å². The molecule has 1 aliphatic heterocycles. The number of thiazole rings is 1. The molecule has 0 spiro atoms. The van der Waals surface area contributed by atoms with Gasteiger partial charge in [-0.2, -0.15) is 0 Å². The van der Waals surface area contributed by atoms with E-state index in [4.69, 9.17) is 4.74 Å². The lowest BCUT2D eigenvalue weighted by Gasteiger charge is -2.18. The van der Waals surface area contributed by atoms with Crippen LogP contribution in [0.2, 0.25) is 0 Å². The van der Waals surface area contributed by atoms with Crippen molar-refractivity contribution in [2.45, 2.75) is 25.3 Å². The van der Waals surface area contributed by atoms with Crippen molar-refractivity contribution in [3.05, 3.63) is 16.6 Å². The first-order valence-electron chi connectivity index (χ1n) is 5.52. The lowest BCUT2D eigenvalue weighted by molar-refractivity contribution is 0.181. The van der Waals surface area contributed by atoms with Crippen LogP contribution in [-0.2, 0) is 11.2 Å². The summed E-state index contributed by atoms with van der Waals surface area (Å²) in [5.74, 6) is 0.738. The topological polar surface area (TPSA) is 34.2 Å². The molecule has 1 aliphatic rings. The molecule has 1 aromatic heterocycles. The number of nitrogens with zero attached hydrogens (tertiary/aromatic N) is 1. The highest BCUT2D eigenvalue weighted by atomic mass is 32.1. The molecule has 0 aromatic carbocycles. The number of aromatic nitrogens is 1. The van der Waals surface area contributed by atoms with Crippen LogP contribution in [0, 0.1) is 5.92 Å². The van der Waals surface area contributed by atoms with Crippen LogP contribution >= 0.6 is 11.3 Å². The summed E-state index contributed by atoms with van der Waals surface area (Å²) in [4.78, 5) is 4.33. The second-order valence-electron chi connectivity index (χ2n) is 4.08. The van der Waals surface area contributed by atoms with Gasteiger partial charge in [-0.25, -0.2) is 4.98 Å². The van der Waals surface area contributed by atoms with Crippen LogP contribution in [-0.4, -0.2) is 31.3 Å². The molecule has 1 N–H and O–H groups in total. The van der Waals surface area contributed by atoms with E-state index < -0.39 is 0 Å². The molecule has 0 amide bonds. The van der Waals surface area contributed by atoms with Gasteiger partial charge in [0, 0.05) is 37.3 Å². The van der Waals surface area contributed by atoms with E-state index in [0.29, 0.717) is 6.04 Å². The van der Waals surface area contributed by atoms with Crippen molar-refractivity contribution in [1.29, 1.82) is 0 Å². The first-order valence-corrected chi connectivity index (χ1v) is 6.40. The SMILES string of the molecule is CNC(Cc1nccs1)CC1CCOC1. The van der Waals surface area contributed by atoms with Crippen LogP contribution in [0.1, 0.15) is 17.8 Å². The molecule has 0 saturated carbocycles. The second-order valence-corrected chi connectivity index (χ2v) is 5.06. The van der Waals surface area contributed by atoms with Gasteiger partial charge in [0.25, 0.3) is 0 Å². The number of hydrogen-bond donors (Lipinski definition) is 1. The lowest BCUT2D eigenvalue weighted by atomic mass is 9.97. The summed E-state index contributed by atoms with van der Waals surface area (Å²) >= 11 is 1.74. The van der Waals surface area contributed by atoms with E-state index in [0.717, 1.165) is 25.6 Å². The van der Waals surface area contributed by atoms with Crippen molar-refractivity contribution in [2.75, 3.05) is 20.3 Å². The van der Waals surface area contributed by atoms with Crippen molar-refractivity contribution >= 4 is 11.3 Å². The van der Waals surface area contributed by atoms with Gasteiger partial charge >= 0.3 is 0 Å². The largest absolute Gasteiger partial charge is 0.381 e. The molecule has 1 saturated heterocycles. The molecule has 2 heterocycles. The molecular weight excluding hydrogens is 208 g/mol. The third-order valence-electron chi connectivity index (χ3n) is 2.95. The van der Waals surface area contributed by atoms with Crippen LogP contribution in [0.5, 0.6) is 0 Å². The summed E-state index contributed by atoms with van der Waals surface area (Å²) < 4.78 is 5.40. The fourth-order valence-electron chi connectivity index (χ4n) is 2.04. The molecule has 0 radical (unpaired) electrons. The quantitative estimate of drug-likeness (QED) is 0.830. The van der Waals surface area contributed by atoms with Crippen molar-refractivity contribution in [3.63, 3.8) is 0 Å². The number of hydrogen-bond acceptors (Lipinski definition) is 4. The standard InChI is InChI=1S/C11H18N2OS/c1-12-10(6-9-2-4-14-8-9)7-11-13-3-5-15-11/h3,5,9-10,12H,2,4,6-8H2,1H3. The zero-order valence-electron chi connectivity index (χ0n) is 9.11. The van der Waals surface area contributed by atoms with E-state index in [-0.39, 0.29) is 0 Å². The van der Waals surface area contributed by atoms with Crippen molar-refractivity contribution in [3.8, 4) is 0 Å². The minimum atomic E-state index is 0.544. The summed E-state index contributed by atoms with van der Waals surface area (Å²) in [5.41, 5.74) is 0. The van der Waals surface area contributed by atoms with Gasteiger partial charge in [0.2, 0.25) is 0 Å². The van der Waals surface area contributed by atoms with Crippen LogP contribution in [0.4, 0.5) is 0 Å². The molecule has 15 heavy (non-hydrogen) atoms. The monoisotopic (exact) mass is 226 g/mol. The predicted octanol–water partition coefficient (Wildman–Crippen LogP) is 1.70. The number of rotatable bonds is 5. The van der Waals surface area contributed by atoms with Gasteiger partial charge in [0.05, 0.1) is 5.01 Å². The van der Waals surface area contributed by atoms with Crippen molar-refractivity contribution in [2.24, 2.45) is 5.92 Å². The fourth-order valence-corrected chi connectivity index (χ4v) is 2.74. The zero-order chi connectivity index (χ0) is 10.5. The number of nitrogens with one attached hydrogen (secondary N) is 1. The Morgan fingerprint density at radius 2 is 2.67 bits per heavy atom. The van der Waals surface area contributed by atoms with Gasteiger partial charge in [0.15, 0.2) is 0 Å². The minimum Gasteiger partial charge on any atom is -0.381 e. The van der Waals surface area contributed by atoms with Gasteiger partial charge in [-0.15, -0.1) is 11.3 Å². The first-order chi connectivity index (χ1) is 7.38. The molecule has 2 atom stereocenters. The maximum absolute atomic E-state index is 5.40. The van der Waals surface area contributed by atoms with E-state index in [9.17, 15) is 0 Å². The molecule has 1 fully saturated rings. The van der Waals surface area contributed by atoms with Gasteiger partial charge in [0.1, 0.15) is 0 Å². The number of likely N-dealkylation sites (N-methyl/N-ethyl adjacent to an activating group) is 1. The van der Waals surface area contributed by atoms with Crippen molar-refractivity contribution in [1.82, 2.24) is 10.3 Å². The Balaban J connectivity index is 1.81. The van der Waals surface area contributed by atoms with E-state index in [1.165, 1.54) is 17.8 Å². The Morgan fingerprint density at radius 1 is 1.73 bits per heavy atom. The molecule has 3 nitrogen and oxygen atoms in total. The molecule has 0 aliphatic carbocycles. The van der Waals surface area contributed by atoms with Gasteiger partial charge in [-0.05, 0) is 25.8 Å². The zero-order valence-corrected chi connectivity index (χ0v) is 9.93. The fraction of sp³-hybridized carbons (Fsp3) is 0.727. The van der Waals surface area contributed by atoms with Gasteiger partial charge in [-0.3, -0.25) is 0 Å². The predicted molar refractivity (Wildman–Crippen MR) is 62.2 cm³/mol. The van der Waals surface area contributed by atoms with Crippen LogP contribution in [0.3, 0.4) is 0 Å². The van der Waals surface area contributed by atoms with Gasteiger partial charge in [-0.1, -0.05) is 0 Å². The molecule has 2 rings (SSSR count). The Bertz CT molecular complexity index is 270. The van der Waals surface area contributed by atoms with E-state index in [1.54, 1.807) is 11.3 Å². The third kappa shape index (κ3) is 3.26. The second kappa shape index (κ2) is 5.58. The smallest absolute Gasteiger partial charge is 0.0940 e. The molecule has 0 bridgehead atoms. The maximum Gasteiger partial charge on any atom is 0.0940 e. The molecule has 4 heteroatoms. The first kappa shape index (κ1) is 11.0. The van der Waals surface area contributed by atoms with E-state index in [1.807, 2.05) is 18.6 Å². The van der Waals surface area contributed by atoms with E-state index >= 15 is 0 Å². The Morgan fingerprint density at radius 3 is 3.27 bits per heavy atom. The lowest BCUT2D eigenvalue weighted by Crippen LogP contribution is -2.30. The van der Waals surface area contributed by atoms with Crippen LogP contribution < -0.4 is 5.32 Å². The average molecular weight is 226 g/mol. The average Bonchev–Trinajstić information content (AvgIpc) is 2.89. The molecule has 1 aromatic rings. The summed E-state index contributed by atoms with van der Waals surface area (Å²) in [6.07, 6.45) is 5.35. The highest BCUT2D eigenvalue weighted by Crippen LogP contribution is 2.20. The van der Waals surface area contributed by atoms with Crippen molar-refractivity contribution < 1.29 is 4.74 Å². The summed E-state index contributed by atoms with van der Waals surface area (Å²) in [7, 11) is 2.04. The van der Waals surface area contributed by atoms with Crippen LogP contribution in [0.25, 0.3) is 0 Å². The van der Waals surface area contributed by atoms with E-state index in [2.05, 4.69) is 10.3 Å². The summed E-state index contributed by atoms with van der Waals surface area (Å²) in [6, 6.07) is 0.544. The molecular formula is C11H18N2OS. The molecule has 2 unspecified atom stereocenters. The highest BCUT2D eigenvalue weighted by molar-refractivity contribution is 7.09. The molecule has 84 valence electrons. The summed E-state index contributed by atoms with van der Waals surface area (Å²) in [6.45, 7) is 1.88. The normalized spacial score (nSPS) is 23.1. The Labute approximate surface area is 94.9 Å². The Hall–Kier alpha value is -0.450. The Kier molecular flexibility index (Phi) is 4.11. The highest BCUT2D eigenvalue weighted by Gasteiger charge is 2.20. The number of ether oxygens (including phenoxy) is 1. The maximum atomic E-state index is 5.40. The summed E-state index contributed by atoms with van der Waals surface area (Å²) in [5, 5.41) is 6.65. The third-order valence-corrected chi connectivity index (χ3v) is 3.76. The minimum absolute atomic E-state index is 0.544. The van der Waals surface area contributed by atoms with Crippen LogP contribution in [0.15, 0.2) is 11.6 Å².